The predicted octanol–water partition coefficient (Wildman–Crippen LogP) is 4.87. The number of aromatic amines is 1. The first-order valence-corrected chi connectivity index (χ1v) is 9.32. The third kappa shape index (κ3) is 3.34. The van der Waals surface area contributed by atoms with E-state index in [1.165, 1.54) is 11.3 Å². The number of hydrogen-bond donors (Lipinski definition) is 2. The van der Waals surface area contributed by atoms with Crippen molar-refractivity contribution in [1.82, 2.24) is 15.0 Å². The molecule has 3 heterocycles. The number of nitrogens with one attached hydrogen (secondary N) is 2. The second-order valence-electron chi connectivity index (χ2n) is 5.90. The van der Waals surface area contributed by atoms with Gasteiger partial charge in [0, 0.05) is 33.1 Å². The maximum Gasteiger partial charge on any atom is 0.253 e. The van der Waals surface area contributed by atoms with E-state index in [0.717, 1.165) is 27.4 Å². The molecule has 0 aliphatic carbocycles. The average Bonchev–Trinajstić information content (AvgIpc) is 3.10. The van der Waals surface area contributed by atoms with Crippen LogP contribution in [0.5, 0.6) is 0 Å². The van der Waals surface area contributed by atoms with E-state index in [9.17, 15) is 4.79 Å². The van der Waals surface area contributed by atoms with Gasteiger partial charge in [-0.05, 0) is 43.3 Å². The molecule has 0 saturated heterocycles. The van der Waals surface area contributed by atoms with Crippen molar-refractivity contribution in [2.75, 3.05) is 5.32 Å². The van der Waals surface area contributed by atoms with Crippen molar-refractivity contribution in [2.45, 2.75) is 13.0 Å². The van der Waals surface area contributed by atoms with Gasteiger partial charge in [-0.15, -0.1) is 11.3 Å². The van der Waals surface area contributed by atoms with Crippen LogP contribution in [0.1, 0.15) is 18.5 Å². The number of hydrogen-bond acceptors (Lipinski definition) is 5. The monoisotopic (exact) mass is 382 g/mol. The minimum atomic E-state index is -0.204. The lowest BCUT2D eigenvalue weighted by Gasteiger charge is -2.13. The molecule has 26 heavy (non-hydrogen) atoms. The highest BCUT2D eigenvalue weighted by Gasteiger charge is 2.14. The highest BCUT2D eigenvalue weighted by Crippen LogP contribution is 2.27. The zero-order chi connectivity index (χ0) is 18.1. The van der Waals surface area contributed by atoms with E-state index in [1.807, 2.05) is 42.6 Å². The lowest BCUT2D eigenvalue weighted by molar-refractivity contribution is 0.863. The molecule has 3 aromatic heterocycles. The Bertz CT molecular complexity index is 1120. The molecule has 0 saturated carbocycles. The minimum Gasteiger partial charge on any atom is -0.355 e. The molecule has 2 N–H and O–H groups in total. The number of halogens is 1. The van der Waals surface area contributed by atoms with Crippen LogP contribution in [0.2, 0.25) is 5.02 Å². The van der Waals surface area contributed by atoms with Crippen molar-refractivity contribution in [1.29, 1.82) is 0 Å². The van der Waals surface area contributed by atoms with Gasteiger partial charge in [-0.3, -0.25) is 9.78 Å². The van der Waals surface area contributed by atoms with Crippen molar-refractivity contribution in [3.63, 3.8) is 0 Å². The van der Waals surface area contributed by atoms with Gasteiger partial charge >= 0.3 is 0 Å². The largest absolute Gasteiger partial charge is 0.355 e. The molecule has 0 fully saturated rings. The summed E-state index contributed by atoms with van der Waals surface area (Å²) in [4.78, 5) is 24.2. The molecule has 0 spiro atoms. The quantitative estimate of drug-likeness (QED) is 0.528. The number of benzene rings is 1. The van der Waals surface area contributed by atoms with Gasteiger partial charge in [0.05, 0.1) is 11.7 Å². The molecule has 1 unspecified atom stereocenters. The number of aromatic nitrogens is 3. The molecule has 0 aliphatic heterocycles. The molecule has 5 nitrogen and oxygen atoms in total. The van der Waals surface area contributed by atoms with Crippen molar-refractivity contribution in [3.8, 4) is 11.4 Å². The number of rotatable bonds is 4. The molecular weight excluding hydrogens is 368 g/mol. The summed E-state index contributed by atoms with van der Waals surface area (Å²) in [7, 11) is 0. The molecule has 0 aliphatic rings. The molecule has 1 atom stereocenters. The van der Waals surface area contributed by atoms with Gasteiger partial charge in [0.25, 0.3) is 5.56 Å². The molecule has 1 aromatic carbocycles. The fourth-order valence-corrected chi connectivity index (χ4v) is 3.72. The zero-order valence-corrected chi connectivity index (χ0v) is 15.4. The molecule has 7 heteroatoms. The SMILES string of the molecule is CC(Nc1nc(-c2ccccn2)cs1)c1cc2cc(Cl)ccc2[nH]c1=O. The smallest absolute Gasteiger partial charge is 0.253 e. The Labute approximate surface area is 158 Å². The highest BCUT2D eigenvalue weighted by molar-refractivity contribution is 7.14. The second-order valence-corrected chi connectivity index (χ2v) is 7.20. The van der Waals surface area contributed by atoms with Gasteiger partial charge in [0.1, 0.15) is 5.69 Å². The summed E-state index contributed by atoms with van der Waals surface area (Å²) in [5.74, 6) is 0. The molecule has 4 aromatic rings. The first kappa shape index (κ1) is 16.8. The van der Waals surface area contributed by atoms with Crippen molar-refractivity contribution in [2.24, 2.45) is 0 Å². The van der Waals surface area contributed by atoms with Gasteiger partial charge in [0.2, 0.25) is 0 Å². The number of anilines is 1. The van der Waals surface area contributed by atoms with Crippen LogP contribution < -0.4 is 10.9 Å². The van der Waals surface area contributed by atoms with Crippen molar-refractivity contribution in [3.05, 3.63) is 75.0 Å². The molecule has 4 rings (SSSR count). The summed E-state index contributed by atoms with van der Waals surface area (Å²) in [6.07, 6.45) is 1.74. The molecule has 0 bridgehead atoms. The Morgan fingerprint density at radius 1 is 1.19 bits per heavy atom. The van der Waals surface area contributed by atoms with Gasteiger partial charge in [-0.25, -0.2) is 4.98 Å². The molecule has 0 radical (unpaired) electrons. The summed E-state index contributed by atoms with van der Waals surface area (Å²) < 4.78 is 0. The summed E-state index contributed by atoms with van der Waals surface area (Å²) in [6.45, 7) is 1.93. The zero-order valence-electron chi connectivity index (χ0n) is 13.9. The van der Waals surface area contributed by atoms with Crippen molar-refractivity contribution < 1.29 is 0 Å². The Morgan fingerprint density at radius 3 is 2.88 bits per heavy atom. The van der Waals surface area contributed by atoms with Crippen LogP contribution in [0.15, 0.2) is 58.8 Å². The summed E-state index contributed by atoms with van der Waals surface area (Å²) in [6, 6.07) is 12.8. The van der Waals surface area contributed by atoms with Crippen LogP contribution in [0.25, 0.3) is 22.3 Å². The number of H-pyrrole nitrogens is 1. The van der Waals surface area contributed by atoms with E-state index >= 15 is 0 Å². The number of pyridine rings is 2. The van der Waals surface area contributed by atoms with Crippen LogP contribution in [0.3, 0.4) is 0 Å². The average molecular weight is 383 g/mol. The van der Waals surface area contributed by atoms with Crippen LogP contribution >= 0.6 is 22.9 Å². The first-order chi connectivity index (χ1) is 12.6. The third-order valence-corrected chi connectivity index (χ3v) is 5.08. The predicted molar refractivity (Wildman–Crippen MR) is 107 cm³/mol. The maximum absolute atomic E-state index is 12.4. The topological polar surface area (TPSA) is 70.7 Å². The van der Waals surface area contributed by atoms with E-state index in [4.69, 9.17) is 11.6 Å². The maximum atomic E-state index is 12.4. The Hall–Kier alpha value is -2.70. The fourth-order valence-electron chi connectivity index (χ4n) is 2.75. The third-order valence-electron chi connectivity index (χ3n) is 4.07. The summed E-state index contributed by atoms with van der Waals surface area (Å²) >= 11 is 7.54. The summed E-state index contributed by atoms with van der Waals surface area (Å²) in [5.41, 5.74) is 2.91. The van der Waals surface area contributed by atoms with E-state index in [1.54, 1.807) is 18.3 Å². The van der Waals surface area contributed by atoms with E-state index < -0.39 is 0 Å². The highest BCUT2D eigenvalue weighted by atomic mass is 35.5. The summed E-state index contributed by atoms with van der Waals surface area (Å²) in [5, 5.41) is 7.51. The van der Waals surface area contributed by atoms with Crippen molar-refractivity contribution >= 4 is 39.0 Å². The molecule has 130 valence electrons. The van der Waals surface area contributed by atoms with Crippen LogP contribution in [-0.2, 0) is 0 Å². The number of thiazole rings is 1. The lowest BCUT2D eigenvalue weighted by atomic mass is 10.1. The standard InChI is InChI=1S/C19H15ClN4OS/c1-11(14-9-12-8-13(20)5-6-15(12)23-18(14)25)22-19-24-17(10-26-19)16-4-2-3-7-21-16/h2-11H,1H3,(H,22,24)(H,23,25). The molecular formula is C19H15ClN4OS. The number of nitrogens with zero attached hydrogens (tertiary/aromatic N) is 2. The first-order valence-electron chi connectivity index (χ1n) is 8.06. The number of fused-ring (bicyclic) bond motifs is 1. The second kappa shape index (κ2) is 6.90. The minimum absolute atomic E-state index is 0.124. The van der Waals surface area contributed by atoms with E-state index in [2.05, 4.69) is 20.3 Å². The Morgan fingerprint density at radius 2 is 2.08 bits per heavy atom. The van der Waals surface area contributed by atoms with Gasteiger partial charge in [-0.2, -0.15) is 0 Å². The Balaban J connectivity index is 1.61. The Kier molecular flexibility index (Phi) is 4.44. The lowest BCUT2D eigenvalue weighted by Crippen LogP contribution is -2.19. The van der Waals surface area contributed by atoms with Crippen LogP contribution in [0.4, 0.5) is 5.13 Å². The van der Waals surface area contributed by atoms with E-state index in [-0.39, 0.29) is 11.6 Å². The van der Waals surface area contributed by atoms with Gasteiger partial charge < -0.3 is 10.3 Å². The normalized spacial score (nSPS) is 12.2. The fraction of sp³-hybridized carbons (Fsp3) is 0.105. The molecule has 0 amide bonds. The van der Waals surface area contributed by atoms with Crippen LogP contribution in [-0.4, -0.2) is 15.0 Å². The van der Waals surface area contributed by atoms with Gasteiger partial charge in [-0.1, -0.05) is 17.7 Å². The van der Waals surface area contributed by atoms with Crippen LogP contribution in [0, 0.1) is 0 Å². The van der Waals surface area contributed by atoms with E-state index in [0.29, 0.717) is 10.6 Å². The van der Waals surface area contributed by atoms with Gasteiger partial charge in [0.15, 0.2) is 5.13 Å².